The molecule has 3 aromatic heterocycles. The van der Waals surface area contributed by atoms with Crippen molar-refractivity contribution >= 4 is 28.2 Å². The number of furan rings is 1. The van der Waals surface area contributed by atoms with Crippen LogP contribution in [-0.4, -0.2) is 9.38 Å². The van der Waals surface area contributed by atoms with Gasteiger partial charge in [-0.1, -0.05) is 0 Å². The molecule has 0 radical (unpaired) electrons. The number of fused-ring (bicyclic) bond motifs is 1. The van der Waals surface area contributed by atoms with Crippen molar-refractivity contribution in [2.75, 3.05) is 0 Å². The fraction of sp³-hybridized carbons (Fsp3) is 0. The summed E-state index contributed by atoms with van der Waals surface area (Å²) in [5.74, 6) is 0.800. The maximum absolute atomic E-state index is 5.30. The lowest BCUT2D eigenvalue weighted by Gasteiger charge is -1.91. The molecule has 3 aromatic rings. The molecule has 0 fully saturated rings. The zero-order valence-electron chi connectivity index (χ0n) is 7.72. The summed E-state index contributed by atoms with van der Waals surface area (Å²) in [7, 11) is 0. The minimum atomic E-state index is 0.800. The summed E-state index contributed by atoms with van der Waals surface area (Å²) in [5, 5.41) is 0. The average Bonchev–Trinajstić information content (AvgIpc) is 2.84. The van der Waals surface area contributed by atoms with Crippen LogP contribution in [0.25, 0.3) is 17.1 Å². The van der Waals surface area contributed by atoms with Gasteiger partial charge in [0.15, 0.2) is 5.76 Å². The van der Waals surface area contributed by atoms with Gasteiger partial charge in [0.2, 0.25) is 0 Å². The fourth-order valence-electron chi connectivity index (χ4n) is 1.51. The van der Waals surface area contributed by atoms with Gasteiger partial charge in [-0.15, -0.1) is 0 Å². The highest BCUT2D eigenvalue weighted by Gasteiger charge is 2.05. The molecule has 74 valence electrons. The molecule has 0 amide bonds. The van der Waals surface area contributed by atoms with Gasteiger partial charge in [0.25, 0.3) is 0 Å². The highest BCUT2D eigenvalue weighted by molar-refractivity contribution is 14.1. The molecule has 0 saturated heterocycles. The first kappa shape index (κ1) is 8.96. The van der Waals surface area contributed by atoms with Crippen LogP contribution in [-0.2, 0) is 0 Å². The number of rotatable bonds is 1. The lowest BCUT2D eigenvalue weighted by molar-refractivity contribution is 0.580. The summed E-state index contributed by atoms with van der Waals surface area (Å²) in [6.07, 6.45) is 5.66. The van der Waals surface area contributed by atoms with Crippen LogP contribution < -0.4 is 0 Å². The van der Waals surface area contributed by atoms with E-state index >= 15 is 0 Å². The third-order valence-electron chi connectivity index (χ3n) is 2.19. The molecule has 0 saturated carbocycles. The Morgan fingerprint density at radius 2 is 2.13 bits per heavy atom. The summed E-state index contributed by atoms with van der Waals surface area (Å²) in [6, 6.07) is 7.80. The predicted molar refractivity (Wildman–Crippen MR) is 65.6 cm³/mol. The Labute approximate surface area is 99.9 Å². The molecule has 0 N–H and O–H groups in total. The van der Waals surface area contributed by atoms with Gasteiger partial charge >= 0.3 is 0 Å². The van der Waals surface area contributed by atoms with Crippen molar-refractivity contribution < 1.29 is 4.42 Å². The van der Waals surface area contributed by atoms with Gasteiger partial charge in [-0.25, -0.2) is 4.98 Å². The molecule has 0 spiro atoms. The molecule has 0 atom stereocenters. The average molecular weight is 310 g/mol. The van der Waals surface area contributed by atoms with Crippen LogP contribution in [0, 0.1) is 3.57 Å². The number of hydrogen-bond acceptors (Lipinski definition) is 2. The minimum absolute atomic E-state index is 0.800. The van der Waals surface area contributed by atoms with Crippen LogP contribution in [0.4, 0.5) is 0 Å². The molecular weight excluding hydrogens is 303 g/mol. The molecule has 0 aromatic carbocycles. The van der Waals surface area contributed by atoms with E-state index in [0.29, 0.717) is 0 Å². The number of imidazole rings is 1. The Bertz CT molecular complexity index is 598. The highest BCUT2D eigenvalue weighted by atomic mass is 127. The monoisotopic (exact) mass is 310 g/mol. The van der Waals surface area contributed by atoms with E-state index in [4.69, 9.17) is 4.42 Å². The molecule has 0 bridgehead atoms. The molecular formula is C11H7IN2O. The Morgan fingerprint density at radius 3 is 2.93 bits per heavy atom. The minimum Gasteiger partial charge on any atom is -0.463 e. The Hall–Kier alpha value is -1.30. The second-order valence-electron chi connectivity index (χ2n) is 3.22. The van der Waals surface area contributed by atoms with E-state index in [1.807, 2.05) is 41.1 Å². The summed E-state index contributed by atoms with van der Waals surface area (Å²) < 4.78 is 8.49. The molecule has 3 nitrogen and oxygen atoms in total. The molecule has 4 heteroatoms. The lowest BCUT2D eigenvalue weighted by Crippen LogP contribution is -1.82. The van der Waals surface area contributed by atoms with E-state index in [2.05, 4.69) is 27.6 Å². The van der Waals surface area contributed by atoms with E-state index in [0.717, 1.165) is 17.1 Å². The van der Waals surface area contributed by atoms with Crippen molar-refractivity contribution in [2.45, 2.75) is 0 Å². The van der Waals surface area contributed by atoms with E-state index in [1.165, 1.54) is 3.57 Å². The summed E-state index contributed by atoms with van der Waals surface area (Å²) in [5.41, 5.74) is 1.80. The Morgan fingerprint density at radius 1 is 1.20 bits per heavy atom. The molecule has 0 aliphatic carbocycles. The number of nitrogens with zero attached hydrogens (tertiary/aromatic N) is 2. The van der Waals surface area contributed by atoms with Crippen LogP contribution in [0.3, 0.4) is 0 Å². The van der Waals surface area contributed by atoms with Gasteiger partial charge in [0.1, 0.15) is 11.3 Å². The zero-order valence-corrected chi connectivity index (χ0v) is 9.88. The molecule has 0 unspecified atom stereocenters. The van der Waals surface area contributed by atoms with Crippen LogP contribution >= 0.6 is 22.6 Å². The molecule has 0 aliphatic rings. The van der Waals surface area contributed by atoms with E-state index in [9.17, 15) is 0 Å². The third kappa shape index (κ3) is 1.54. The van der Waals surface area contributed by atoms with Crippen LogP contribution in [0.15, 0.2) is 47.3 Å². The molecule has 15 heavy (non-hydrogen) atoms. The van der Waals surface area contributed by atoms with Crippen molar-refractivity contribution in [1.29, 1.82) is 0 Å². The topological polar surface area (TPSA) is 30.4 Å². The van der Waals surface area contributed by atoms with Crippen LogP contribution in [0.2, 0.25) is 0 Å². The predicted octanol–water partition coefficient (Wildman–Crippen LogP) is 3.20. The highest BCUT2D eigenvalue weighted by Crippen LogP contribution is 2.19. The number of halogens is 1. The number of pyridine rings is 1. The second-order valence-corrected chi connectivity index (χ2v) is 4.46. The summed E-state index contributed by atoms with van der Waals surface area (Å²) in [4.78, 5) is 4.46. The van der Waals surface area contributed by atoms with E-state index < -0.39 is 0 Å². The van der Waals surface area contributed by atoms with E-state index in [1.54, 1.807) is 6.26 Å². The molecule has 3 rings (SSSR count). The first-order chi connectivity index (χ1) is 7.33. The van der Waals surface area contributed by atoms with Gasteiger partial charge < -0.3 is 8.82 Å². The fourth-order valence-corrected chi connectivity index (χ4v) is 1.99. The largest absolute Gasteiger partial charge is 0.463 e. The van der Waals surface area contributed by atoms with Crippen molar-refractivity contribution in [3.05, 3.63) is 46.5 Å². The van der Waals surface area contributed by atoms with Crippen molar-refractivity contribution in [3.8, 4) is 11.5 Å². The first-order valence-corrected chi connectivity index (χ1v) is 5.59. The normalized spacial score (nSPS) is 11.0. The van der Waals surface area contributed by atoms with Gasteiger partial charge in [-0.3, -0.25) is 0 Å². The van der Waals surface area contributed by atoms with Crippen LogP contribution in [0.5, 0.6) is 0 Å². The SMILES string of the molecule is Ic1ccc2nc(-c3ccco3)cn2c1. The standard InChI is InChI=1S/C11H7IN2O/c12-8-3-4-11-13-9(7-14(11)6-8)10-2-1-5-15-10/h1-7H. The third-order valence-corrected chi connectivity index (χ3v) is 2.83. The number of aromatic nitrogens is 2. The maximum atomic E-state index is 5.30. The summed E-state index contributed by atoms with van der Waals surface area (Å²) >= 11 is 2.28. The van der Waals surface area contributed by atoms with Gasteiger partial charge in [-0.05, 0) is 46.9 Å². The zero-order chi connectivity index (χ0) is 10.3. The van der Waals surface area contributed by atoms with E-state index in [-0.39, 0.29) is 0 Å². The first-order valence-electron chi connectivity index (χ1n) is 4.51. The molecule has 0 aliphatic heterocycles. The van der Waals surface area contributed by atoms with Gasteiger partial charge in [-0.2, -0.15) is 0 Å². The van der Waals surface area contributed by atoms with Gasteiger partial charge in [0.05, 0.1) is 6.26 Å². The van der Waals surface area contributed by atoms with Crippen LogP contribution in [0.1, 0.15) is 0 Å². The smallest absolute Gasteiger partial charge is 0.153 e. The van der Waals surface area contributed by atoms with Gasteiger partial charge in [0, 0.05) is 16.0 Å². The van der Waals surface area contributed by atoms with Crippen molar-refractivity contribution in [1.82, 2.24) is 9.38 Å². The second kappa shape index (κ2) is 3.37. The Balaban J connectivity index is 2.22. The number of hydrogen-bond donors (Lipinski definition) is 0. The Kier molecular flexibility index (Phi) is 2.02. The molecule has 3 heterocycles. The van der Waals surface area contributed by atoms with Crippen molar-refractivity contribution in [3.63, 3.8) is 0 Å². The summed E-state index contributed by atoms with van der Waals surface area (Å²) in [6.45, 7) is 0. The maximum Gasteiger partial charge on any atom is 0.153 e. The van der Waals surface area contributed by atoms with Crippen molar-refractivity contribution in [2.24, 2.45) is 0 Å². The quantitative estimate of drug-likeness (QED) is 0.646. The lowest BCUT2D eigenvalue weighted by atomic mass is 10.4.